The molecule has 86 valence electrons. The third-order valence-electron chi connectivity index (χ3n) is 2.99. The van der Waals surface area contributed by atoms with Crippen molar-refractivity contribution in [1.82, 2.24) is 0 Å². The molecule has 0 aliphatic heterocycles. The SMILES string of the molecule is COc1cc2c(cc1OC)CC(C(=O)O)C2. The van der Waals surface area contributed by atoms with E-state index in [9.17, 15) is 4.79 Å². The van der Waals surface area contributed by atoms with E-state index in [1.807, 2.05) is 12.1 Å². The summed E-state index contributed by atoms with van der Waals surface area (Å²) < 4.78 is 10.4. The van der Waals surface area contributed by atoms with Gasteiger partial charge in [0.1, 0.15) is 0 Å². The van der Waals surface area contributed by atoms with Crippen molar-refractivity contribution in [3.63, 3.8) is 0 Å². The summed E-state index contributed by atoms with van der Waals surface area (Å²) in [7, 11) is 3.15. The molecule has 1 N–H and O–H groups in total. The summed E-state index contributed by atoms with van der Waals surface area (Å²) in [6, 6.07) is 3.74. The Morgan fingerprint density at radius 1 is 1.19 bits per heavy atom. The first kappa shape index (κ1) is 10.8. The van der Waals surface area contributed by atoms with Crippen LogP contribution in [0.2, 0.25) is 0 Å². The molecule has 1 aliphatic rings. The van der Waals surface area contributed by atoms with Crippen LogP contribution in [-0.4, -0.2) is 25.3 Å². The number of hydrogen-bond acceptors (Lipinski definition) is 3. The summed E-state index contributed by atoms with van der Waals surface area (Å²) in [5.74, 6) is 0.264. The van der Waals surface area contributed by atoms with E-state index in [0.29, 0.717) is 24.3 Å². The summed E-state index contributed by atoms with van der Waals surface area (Å²) in [4.78, 5) is 10.9. The van der Waals surface area contributed by atoms with Gasteiger partial charge in [0.15, 0.2) is 11.5 Å². The minimum absolute atomic E-state index is 0.313. The maximum Gasteiger partial charge on any atom is 0.307 e. The Labute approximate surface area is 93.8 Å². The number of carboxylic acids is 1. The molecule has 1 aromatic rings. The van der Waals surface area contributed by atoms with Crippen molar-refractivity contribution in [2.45, 2.75) is 12.8 Å². The summed E-state index contributed by atoms with van der Waals surface area (Å²) in [5, 5.41) is 8.98. The molecule has 1 aromatic carbocycles. The van der Waals surface area contributed by atoms with Gasteiger partial charge in [0.25, 0.3) is 0 Å². The molecule has 0 bridgehead atoms. The number of methoxy groups -OCH3 is 2. The van der Waals surface area contributed by atoms with Crippen molar-refractivity contribution in [2.75, 3.05) is 14.2 Å². The molecule has 0 aromatic heterocycles. The lowest BCUT2D eigenvalue weighted by molar-refractivity contribution is -0.141. The maximum atomic E-state index is 10.9. The number of carboxylic acid groups (broad SMARTS) is 1. The van der Waals surface area contributed by atoms with Crippen LogP contribution in [-0.2, 0) is 17.6 Å². The number of ether oxygens (including phenoxy) is 2. The second-order valence-electron chi connectivity index (χ2n) is 3.92. The molecule has 0 unspecified atom stereocenters. The number of hydrogen-bond donors (Lipinski definition) is 1. The van der Waals surface area contributed by atoms with Gasteiger partial charge in [0.05, 0.1) is 20.1 Å². The predicted octanol–water partition coefficient (Wildman–Crippen LogP) is 1.50. The lowest BCUT2D eigenvalue weighted by atomic mass is 10.1. The second-order valence-corrected chi connectivity index (χ2v) is 3.92. The smallest absolute Gasteiger partial charge is 0.307 e. The highest BCUT2D eigenvalue weighted by atomic mass is 16.5. The Balaban J connectivity index is 2.36. The molecular weight excluding hydrogens is 208 g/mol. The van der Waals surface area contributed by atoms with Crippen LogP contribution in [0.1, 0.15) is 11.1 Å². The molecule has 0 atom stereocenters. The van der Waals surface area contributed by atoms with Gasteiger partial charge in [-0.25, -0.2) is 0 Å². The fourth-order valence-corrected chi connectivity index (χ4v) is 2.12. The van der Waals surface area contributed by atoms with Crippen molar-refractivity contribution in [3.05, 3.63) is 23.3 Å². The molecular formula is C12H14O4. The fourth-order valence-electron chi connectivity index (χ4n) is 2.12. The molecule has 0 fully saturated rings. The van der Waals surface area contributed by atoms with E-state index < -0.39 is 5.97 Å². The largest absolute Gasteiger partial charge is 0.493 e. The lowest BCUT2D eigenvalue weighted by Crippen LogP contribution is -2.12. The first-order valence-corrected chi connectivity index (χ1v) is 5.12. The number of aliphatic carboxylic acids is 1. The molecule has 0 radical (unpaired) electrons. The van der Waals surface area contributed by atoms with Crippen molar-refractivity contribution < 1.29 is 19.4 Å². The van der Waals surface area contributed by atoms with Crippen LogP contribution in [0.5, 0.6) is 11.5 Å². The third-order valence-corrected chi connectivity index (χ3v) is 2.99. The molecule has 0 heterocycles. The van der Waals surface area contributed by atoms with Gasteiger partial charge in [-0.05, 0) is 36.1 Å². The third kappa shape index (κ3) is 1.71. The van der Waals surface area contributed by atoms with Crippen LogP contribution in [0, 0.1) is 5.92 Å². The topological polar surface area (TPSA) is 55.8 Å². The Morgan fingerprint density at radius 3 is 1.94 bits per heavy atom. The van der Waals surface area contributed by atoms with Crippen LogP contribution in [0.3, 0.4) is 0 Å². The van der Waals surface area contributed by atoms with Gasteiger partial charge in [-0.3, -0.25) is 4.79 Å². The summed E-state index contributed by atoms with van der Waals surface area (Å²) in [6.45, 7) is 0. The number of benzene rings is 1. The summed E-state index contributed by atoms with van der Waals surface area (Å²) in [5.41, 5.74) is 2.09. The van der Waals surface area contributed by atoms with Gasteiger partial charge in [-0.15, -0.1) is 0 Å². The zero-order chi connectivity index (χ0) is 11.7. The predicted molar refractivity (Wildman–Crippen MR) is 58.1 cm³/mol. The van der Waals surface area contributed by atoms with Crippen LogP contribution in [0.25, 0.3) is 0 Å². The Bertz CT molecular complexity index is 392. The Morgan fingerprint density at radius 2 is 1.62 bits per heavy atom. The maximum absolute atomic E-state index is 10.9. The monoisotopic (exact) mass is 222 g/mol. The van der Waals surface area contributed by atoms with Crippen molar-refractivity contribution in [2.24, 2.45) is 5.92 Å². The summed E-state index contributed by atoms with van der Waals surface area (Å²) in [6.07, 6.45) is 1.15. The van der Waals surface area contributed by atoms with E-state index in [0.717, 1.165) is 11.1 Å². The Hall–Kier alpha value is -1.71. The van der Waals surface area contributed by atoms with Gasteiger partial charge >= 0.3 is 5.97 Å². The highest BCUT2D eigenvalue weighted by Crippen LogP contribution is 2.36. The molecule has 2 rings (SSSR count). The summed E-state index contributed by atoms with van der Waals surface area (Å²) >= 11 is 0. The number of carbonyl (C=O) groups is 1. The standard InChI is InChI=1S/C12H14O4/c1-15-10-5-7-3-9(12(13)14)4-8(7)6-11(10)16-2/h5-6,9H,3-4H2,1-2H3,(H,13,14). The molecule has 16 heavy (non-hydrogen) atoms. The van der Waals surface area contributed by atoms with E-state index in [4.69, 9.17) is 14.6 Å². The quantitative estimate of drug-likeness (QED) is 0.842. The number of fused-ring (bicyclic) bond motifs is 1. The molecule has 0 saturated heterocycles. The van der Waals surface area contributed by atoms with Gasteiger partial charge in [0, 0.05) is 0 Å². The lowest BCUT2D eigenvalue weighted by Gasteiger charge is -2.09. The first-order valence-electron chi connectivity index (χ1n) is 5.12. The molecule has 1 aliphatic carbocycles. The second kappa shape index (κ2) is 4.04. The highest BCUT2D eigenvalue weighted by molar-refractivity contribution is 5.72. The van der Waals surface area contributed by atoms with E-state index in [2.05, 4.69) is 0 Å². The van der Waals surface area contributed by atoms with E-state index in [1.165, 1.54) is 0 Å². The van der Waals surface area contributed by atoms with Crippen LogP contribution >= 0.6 is 0 Å². The minimum atomic E-state index is -0.742. The molecule has 0 spiro atoms. The van der Waals surface area contributed by atoms with E-state index >= 15 is 0 Å². The average molecular weight is 222 g/mol. The first-order chi connectivity index (χ1) is 7.65. The zero-order valence-electron chi connectivity index (χ0n) is 9.32. The van der Waals surface area contributed by atoms with Crippen molar-refractivity contribution in [1.29, 1.82) is 0 Å². The van der Waals surface area contributed by atoms with Crippen molar-refractivity contribution in [3.8, 4) is 11.5 Å². The zero-order valence-corrected chi connectivity index (χ0v) is 9.32. The van der Waals surface area contributed by atoms with Gasteiger partial charge in [0.2, 0.25) is 0 Å². The minimum Gasteiger partial charge on any atom is -0.493 e. The highest BCUT2D eigenvalue weighted by Gasteiger charge is 2.28. The normalized spacial score (nSPS) is 14.6. The fraction of sp³-hybridized carbons (Fsp3) is 0.417. The van der Waals surface area contributed by atoms with Crippen LogP contribution in [0.15, 0.2) is 12.1 Å². The average Bonchev–Trinajstić information content (AvgIpc) is 2.69. The molecule has 4 heteroatoms. The molecule has 0 saturated carbocycles. The van der Waals surface area contributed by atoms with Gasteiger partial charge in [-0.1, -0.05) is 0 Å². The van der Waals surface area contributed by atoms with Crippen LogP contribution < -0.4 is 9.47 Å². The molecule has 0 amide bonds. The van der Waals surface area contributed by atoms with E-state index in [1.54, 1.807) is 14.2 Å². The molecule has 4 nitrogen and oxygen atoms in total. The van der Waals surface area contributed by atoms with E-state index in [-0.39, 0.29) is 5.92 Å². The van der Waals surface area contributed by atoms with Gasteiger partial charge in [-0.2, -0.15) is 0 Å². The van der Waals surface area contributed by atoms with Crippen molar-refractivity contribution >= 4 is 5.97 Å². The number of rotatable bonds is 3. The van der Waals surface area contributed by atoms with Gasteiger partial charge < -0.3 is 14.6 Å². The Kier molecular flexibility index (Phi) is 2.73. The van der Waals surface area contributed by atoms with Crippen LogP contribution in [0.4, 0.5) is 0 Å².